The maximum absolute atomic E-state index is 12.6. The highest BCUT2D eigenvalue weighted by molar-refractivity contribution is 5.93. The first-order chi connectivity index (χ1) is 10.3. The molecule has 1 aliphatic rings. The van der Waals surface area contributed by atoms with E-state index in [1.165, 1.54) is 19.1 Å². The first kappa shape index (κ1) is 16.3. The van der Waals surface area contributed by atoms with Crippen molar-refractivity contribution < 1.29 is 22.8 Å². The summed E-state index contributed by atoms with van der Waals surface area (Å²) in [6, 6.07) is 4.52. The molecule has 1 heterocycles. The summed E-state index contributed by atoms with van der Waals surface area (Å²) in [4.78, 5) is 25.1. The zero-order chi connectivity index (χ0) is 16.3. The number of nitrogens with zero attached hydrogens (tertiary/aromatic N) is 1. The van der Waals surface area contributed by atoms with E-state index in [2.05, 4.69) is 5.32 Å². The number of benzene rings is 1. The molecular formula is C15H17F3N2O2. The van der Waals surface area contributed by atoms with Gasteiger partial charge in [-0.25, -0.2) is 0 Å². The molecule has 4 nitrogen and oxygen atoms in total. The van der Waals surface area contributed by atoms with Gasteiger partial charge in [-0.15, -0.1) is 0 Å². The molecule has 120 valence electrons. The summed E-state index contributed by atoms with van der Waals surface area (Å²) in [6.45, 7) is 2.36. The van der Waals surface area contributed by atoms with Crippen molar-refractivity contribution in [2.24, 2.45) is 5.92 Å². The van der Waals surface area contributed by atoms with Crippen LogP contribution in [0.5, 0.6) is 0 Å². The first-order valence-corrected chi connectivity index (χ1v) is 7.01. The number of carbonyl (C=O) groups is 2. The zero-order valence-electron chi connectivity index (χ0n) is 12.1. The summed E-state index contributed by atoms with van der Waals surface area (Å²) in [5, 5.41) is 2.51. The average molecular weight is 314 g/mol. The fourth-order valence-corrected chi connectivity index (χ4v) is 2.49. The quantitative estimate of drug-likeness (QED) is 0.912. The number of amides is 2. The minimum absolute atomic E-state index is 0.100. The van der Waals surface area contributed by atoms with Crippen LogP contribution in [0, 0.1) is 5.92 Å². The molecule has 1 aliphatic heterocycles. The van der Waals surface area contributed by atoms with E-state index in [0.717, 1.165) is 12.1 Å². The Morgan fingerprint density at radius 2 is 2.05 bits per heavy atom. The minimum Gasteiger partial charge on any atom is -0.342 e. The van der Waals surface area contributed by atoms with Gasteiger partial charge in [-0.3, -0.25) is 9.59 Å². The van der Waals surface area contributed by atoms with E-state index < -0.39 is 17.7 Å². The molecular weight excluding hydrogens is 297 g/mol. The molecule has 0 saturated carbocycles. The molecule has 2 rings (SSSR count). The van der Waals surface area contributed by atoms with E-state index in [4.69, 9.17) is 0 Å². The topological polar surface area (TPSA) is 49.4 Å². The van der Waals surface area contributed by atoms with Crippen molar-refractivity contribution >= 4 is 17.5 Å². The van der Waals surface area contributed by atoms with Crippen LogP contribution in [0.4, 0.5) is 18.9 Å². The third-order valence-corrected chi connectivity index (χ3v) is 3.69. The van der Waals surface area contributed by atoms with Crippen LogP contribution in [0.2, 0.25) is 0 Å². The summed E-state index contributed by atoms with van der Waals surface area (Å²) in [6.07, 6.45) is -3.12. The molecule has 0 bridgehead atoms. The molecule has 1 aromatic carbocycles. The number of anilines is 1. The van der Waals surface area contributed by atoms with Crippen molar-refractivity contribution in [1.29, 1.82) is 0 Å². The molecule has 2 amide bonds. The fourth-order valence-electron chi connectivity index (χ4n) is 2.49. The standard InChI is InChI=1S/C15H17F3N2O2/c1-10(21)20-7-3-4-11(9-20)14(22)19-13-6-2-5-12(8-13)15(16,17)18/h2,5-6,8,11H,3-4,7,9H2,1H3,(H,19,22). The monoisotopic (exact) mass is 314 g/mol. The normalized spacial score (nSPS) is 18.9. The highest BCUT2D eigenvalue weighted by Crippen LogP contribution is 2.31. The van der Waals surface area contributed by atoms with Crippen molar-refractivity contribution in [3.8, 4) is 0 Å². The molecule has 0 radical (unpaired) electrons. The second-order valence-corrected chi connectivity index (χ2v) is 5.37. The van der Waals surface area contributed by atoms with Crippen LogP contribution in [-0.2, 0) is 15.8 Å². The van der Waals surface area contributed by atoms with Gasteiger partial charge < -0.3 is 10.2 Å². The van der Waals surface area contributed by atoms with Gasteiger partial charge in [0.2, 0.25) is 11.8 Å². The summed E-state index contributed by atoms with van der Waals surface area (Å²) < 4.78 is 37.9. The SMILES string of the molecule is CC(=O)N1CCCC(C(=O)Nc2cccc(C(F)(F)F)c2)C1. The van der Waals surface area contributed by atoms with Gasteiger partial charge >= 0.3 is 6.18 Å². The predicted molar refractivity (Wildman–Crippen MR) is 75.1 cm³/mol. The molecule has 22 heavy (non-hydrogen) atoms. The summed E-state index contributed by atoms with van der Waals surface area (Å²) in [5.74, 6) is -0.853. The van der Waals surface area contributed by atoms with Gasteiger partial charge in [0.1, 0.15) is 0 Å². The van der Waals surface area contributed by atoms with Crippen molar-refractivity contribution in [2.75, 3.05) is 18.4 Å². The first-order valence-electron chi connectivity index (χ1n) is 7.01. The lowest BCUT2D eigenvalue weighted by molar-refractivity contribution is -0.137. The number of alkyl halides is 3. The molecule has 1 fully saturated rings. The number of nitrogens with one attached hydrogen (secondary N) is 1. The van der Waals surface area contributed by atoms with E-state index >= 15 is 0 Å². The van der Waals surface area contributed by atoms with Crippen LogP contribution in [-0.4, -0.2) is 29.8 Å². The molecule has 1 N–H and O–H groups in total. The molecule has 1 atom stereocenters. The second-order valence-electron chi connectivity index (χ2n) is 5.37. The van der Waals surface area contributed by atoms with Gasteiger partial charge in [-0.2, -0.15) is 13.2 Å². The largest absolute Gasteiger partial charge is 0.416 e. The van der Waals surface area contributed by atoms with Gasteiger partial charge in [0.05, 0.1) is 11.5 Å². The second kappa shape index (κ2) is 6.37. The summed E-state index contributed by atoms with van der Waals surface area (Å²) in [7, 11) is 0. The highest BCUT2D eigenvalue weighted by Gasteiger charge is 2.31. The lowest BCUT2D eigenvalue weighted by Gasteiger charge is -2.31. The van der Waals surface area contributed by atoms with E-state index in [0.29, 0.717) is 25.9 Å². The average Bonchev–Trinajstić information content (AvgIpc) is 2.46. The summed E-state index contributed by atoms with van der Waals surface area (Å²) in [5.41, 5.74) is -0.695. The van der Waals surface area contributed by atoms with Crippen LogP contribution in [0.15, 0.2) is 24.3 Å². The Hall–Kier alpha value is -2.05. The van der Waals surface area contributed by atoms with Gasteiger partial charge in [0.25, 0.3) is 0 Å². The maximum Gasteiger partial charge on any atom is 0.416 e. The lowest BCUT2D eigenvalue weighted by Crippen LogP contribution is -2.42. The third-order valence-electron chi connectivity index (χ3n) is 3.69. The number of carbonyl (C=O) groups excluding carboxylic acids is 2. The molecule has 0 spiro atoms. The van der Waals surface area contributed by atoms with Crippen molar-refractivity contribution in [1.82, 2.24) is 4.90 Å². The number of rotatable bonds is 2. The van der Waals surface area contributed by atoms with E-state index in [1.54, 1.807) is 4.90 Å². The maximum atomic E-state index is 12.6. The number of hydrogen-bond acceptors (Lipinski definition) is 2. The summed E-state index contributed by atoms with van der Waals surface area (Å²) >= 11 is 0. The molecule has 7 heteroatoms. The predicted octanol–water partition coefficient (Wildman–Crippen LogP) is 2.90. The van der Waals surface area contributed by atoms with Crippen molar-refractivity contribution in [2.45, 2.75) is 25.9 Å². The van der Waals surface area contributed by atoms with Crippen LogP contribution < -0.4 is 5.32 Å². The van der Waals surface area contributed by atoms with Crippen LogP contribution in [0.3, 0.4) is 0 Å². The van der Waals surface area contributed by atoms with Crippen LogP contribution in [0.25, 0.3) is 0 Å². The Morgan fingerprint density at radius 3 is 2.68 bits per heavy atom. The smallest absolute Gasteiger partial charge is 0.342 e. The Bertz CT molecular complexity index is 572. The Morgan fingerprint density at radius 1 is 1.32 bits per heavy atom. The van der Waals surface area contributed by atoms with Gasteiger partial charge in [0, 0.05) is 25.7 Å². The molecule has 1 aromatic rings. The van der Waals surface area contributed by atoms with Gasteiger partial charge in [0.15, 0.2) is 0 Å². The van der Waals surface area contributed by atoms with E-state index in [9.17, 15) is 22.8 Å². The molecule has 1 unspecified atom stereocenters. The number of piperidine rings is 1. The fraction of sp³-hybridized carbons (Fsp3) is 0.467. The molecule has 1 saturated heterocycles. The van der Waals surface area contributed by atoms with Gasteiger partial charge in [-0.1, -0.05) is 6.07 Å². The van der Waals surface area contributed by atoms with Crippen molar-refractivity contribution in [3.05, 3.63) is 29.8 Å². The third kappa shape index (κ3) is 3.99. The Balaban J connectivity index is 2.04. The molecule has 0 aromatic heterocycles. The van der Waals surface area contributed by atoms with Crippen LogP contribution in [0.1, 0.15) is 25.3 Å². The Kier molecular flexibility index (Phi) is 4.73. The lowest BCUT2D eigenvalue weighted by atomic mass is 9.97. The van der Waals surface area contributed by atoms with Gasteiger partial charge in [-0.05, 0) is 31.0 Å². The number of likely N-dealkylation sites (tertiary alicyclic amines) is 1. The number of hydrogen-bond donors (Lipinski definition) is 1. The minimum atomic E-state index is -4.45. The Labute approximate surface area is 126 Å². The highest BCUT2D eigenvalue weighted by atomic mass is 19.4. The zero-order valence-corrected chi connectivity index (χ0v) is 12.1. The van der Waals surface area contributed by atoms with Crippen LogP contribution >= 0.6 is 0 Å². The van der Waals surface area contributed by atoms with E-state index in [1.807, 2.05) is 0 Å². The van der Waals surface area contributed by atoms with E-state index in [-0.39, 0.29) is 17.5 Å². The van der Waals surface area contributed by atoms with Crippen molar-refractivity contribution in [3.63, 3.8) is 0 Å². The molecule has 0 aliphatic carbocycles. The number of halogens is 3.